The van der Waals surface area contributed by atoms with Gasteiger partial charge in [-0.25, -0.2) is 8.78 Å². The number of aliphatic carboxylic acids is 1. The molecule has 1 unspecified atom stereocenters. The van der Waals surface area contributed by atoms with Gasteiger partial charge >= 0.3 is 5.97 Å². The molecule has 0 aromatic heterocycles. The van der Waals surface area contributed by atoms with Crippen molar-refractivity contribution < 1.29 is 28.2 Å². The fourth-order valence-corrected chi connectivity index (χ4v) is 3.31. The Labute approximate surface area is 184 Å². The Bertz CT molecular complexity index is 1090. The van der Waals surface area contributed by atoms with E-state index in [0.29, 0.717) is 24.8 Å². The van der Waals surface area contributed by atoms with Gasteiger partial charge in [-0.05, 0) is 36.9 Å². The number of carbonyl (C=O) groups excluding carboxylic acids is 1. The summed E-state index contributed by atoms with van der Waals surface area (Å²) in [6.45, 7) is 0.389. The third kappa shape index (κ3) is 6.21. The van der Waals surface area contributed by atoms with Gasteiger partial charge in [-0.1, -0.05) is 42.5 Å². The second-order valence-corrected chi connectivity index (χ2v) is 7.42. The number of hydrogen-bond acceptors (Lipinski definition) is 4. The summed E-state index contributed by atoms with van der Waals surface area (Å²) in [6.07, 6.45) is 0.124. The molecule has 0 amide bonds. The van der Waals surface area contributed by atoms with Crippen LogP contribution in [0.25, 0.3) is 0 Å². The quantitative estimate of drug-likeness (QED) is 0.463. The molecule has 0 saturated heterocycles. The van der Waals surface area contributed by atoms with Crippen LogP contribution < -0.4 is 4.74 Å². The van der Waals surface area contributed by atoms with Crippen molar-refractivity contribution in [1.29, 1.82) is 0 Å². The van der Waals surface area contributed by atoms with Gasteiger partial charge in [0.2, 0.25) is 0 Å². The number of ether oxygens (including phenoxy) is 1. The van der Waals surface area contributed by atoms with Gasteiger partial charge in [0.25, 0.3) is 0 Å². The molecule has 7 heteroatoms. The van der Waals surface area contributed by atoms with Crippen molar-refractivity contribution in [2.75, 3.05) is 20.1 Å². The van der Waals surface area contributed by atoms with Gasteiger partial charge in [-0.2, -0.15) is 0 Å². The summed E-state index contributed by atoms with van der Waals surface area (Å²) in [4.78, 5) is 25.3. The molecular formula is C25H23F2NO4. The standard InChI is InChI=1S/C25H23F2NO4/c1-28(16-24(29)30)13-12-23(17-6-3-2-4-7-17)32-20-9-5-8-18(14-20)25(31)21-11-10-19(26)15-22(21)27/h2-11,14-15,23H,12-13,16H2,1H3,(H,29,30). The molecule has 0 bridgehead atoms. The molecule has 0 fully saturated rings. The molecule has 3 rings (SSSR count). The normalized spacial score (nSPS) is 11.9. The number of nitrogens with zero attached hydrogens (tertiary/aromatic N) is 1. The largest absolute Gasteiger partial charge is 0.486 e. The van der Waals surface area contributed by atoms with E-state index in [1.54, 1.807) is 24.1 Å². The Balaban J connectivity index is 1.80. The fourth-order valence-electron chi connectivity index (χ4n) is 3.31. The van der Waals surface area contributed by atoms with Crippen molar-refractivity contribution >= 4 is 11.8 Å². The summed E-state index contributed by atoms with van der Waals surface area (Å²) < 4.78 is 33.4. The summed E-state index contributed by atoms with van der Waals surface area (Å²) in [5.74, 6) is -2.76. The zero-order valence-electron chi connectivity index (χ0n) is 17.5. The van der Waals surface area contributed by atoms with Crippen LogP contribution in [0.1, 0.15) is 34.0 Å². The lowest BCUT2D eigenvalue weighted by Crippen LogP contribution is -2.28. The summed E-state index contributed by atoms with van der Waals surface area (Å²) in [6, 6.07) is 18.7. The fraction of sp³-hybridized carbons (Fsp3) is 0.200. The second kappa shape index (κ2) is 10.6. The monoisotopic (exact) mass is 439 g/mol. The van der Waals surface area contributed by atoms with Crippen LogP contribution in [0.4, 0.5) is 8.78 Å². The minimum absolute atomic E-state index is 0.0886. The van der Waals surface area contributed by atoms with Gasteiger partial charge in [0, 0.05) is 24.6 Å². The van der Waals surface area contributed by atoms with Gasteiger partial charge in [0.1, 0.15) is 23.5 Å². The molecule has 5 nitrogen and oxygen atoms in total. The molecule has 3 aromatic rings. The number of hydrogen-bond donors (Lipinski definition) is 1. The number of halogens is 2. The van der Waals surface area contributed by atoms with Crippen LogP contribution in [0.2, 0.25) is 0 Å². The first kappa shape index (κ1) is 23.1. The van der Waals surface area contributed by atoms with Crippen molar-refractivity contribution in [3.8, 4) is 5.75 Å². The van der Waals surface area contributed by atoms with E-state index in [1.165, 1.54) is 12.1 Å². The number of rotatable bonds is 10. The van der Waals surface area contributed by atoms with E-state index in [-0.39, 0.29) is 23.8 Å². The SMILES string of the molecule is CN(CCC(Oc1cccc(C(=O)c2ccc(F)cc2F)c1)c1ccccc1)CC(=O)O. The number of carboxylic acid groups (broad SMARTS) is 1. The molecule has 0 aliphatic rings. The highest BCUT2D eigenvalue weighted by molar-refractivity contribution is 6.09. The number of carbonyl (C=O) groups is 2. The third-order valence-corrected chi connectivity index (χ3v) is 4.90. The predicted octanol–water partition coefficient (Wildman–Crippen LogP) is 4.72. The van der Waals surface area contributed by atoms with Gasteiger partial charge in [-0.15, -0.1) is 0 Å². The van der Waals surface area contributed by atoms with E-state index in [9.17, 15) is 18.4 Å². The molecule has 1 N–H and O–H groups in total. The molecule has 0 radical (unpaired) electrons. The first-order chi connectivity index (χ1) is 15.3. The lowest BCUT2D eigenvalue weighted by atomic mass is 10.0. The lowest BCUT2D eigenvalue weighted by Gasteiger charge is -2.23. The molecule has 0 aliphatic heterocycles. The molecule has 3 aromatic carbocycles. The minimum Gasteiger partial charge on any atom is -0.486 e. The van der Waals surface area contributed by atoms with E-state index in [4.69, 9.17) is 9.84 Å². The van der Waals surface area contributed by atoms with Crippen LogP contribution in [-0.2, 0) is 4.79 Å². The van der Waals surface area contributed by atoms with E-state index in [1.807, 2.05) is 30.3 Å². The number of benzene rings is 3. The highest BCUT2D eigenvalue weighted by Gasteiger charge is 2.18. The zero-order valence-corrected chi connectivity index (χ0v) is 17.5. The third-order valence-electron chi connectivity index (χ3n) is 4.90. The van der Waals surface area contributed by atoms with Crippen molar-refractivity contribution in [2.24, 2.45) is 0 Å². The Morgan fingerprint density at radius 1 is 1.00 bits per heavy atom. The number of ketones is 1. The van der Waals surface area contributed by atoms with Crippen LogP contribution in [0.15, 0.2) is 72.8 Å². The average molecular weight is 439 g/mol. The number of likely N-dealkylation sites (N-methyl/N-ethyl adjacent to an activating group) is 1. The van der Waals surface area contributed by atoms with Crippen molar-refractivity contribution in [1.82, 2.24) is 4.90 Å². The van der Waals surface area contributed by atoms with Gasteiger partial charge in [0.15, 0.2) is 5.78 Å². The first-order valence-electron chi connectivity index (χ1n) is 10.0. The summed E-state index contributed by atoms with van der Waals surface area (Å²) in [7, 11) is 1.71. The molecule has 166 valence electrons. The Morgan fingerprint density at radius 3 is 2.44 bits per heavy atom. The van der Waals surface area contributed by atoms with Crippen LogP contribution in [0, 0.1) is 11.6 Å². The van der Waals surface area contributed by atoms with E-state index in [2.05, 4.69) is 0 Å². The Hall–Kier alpha value is -3.58. The zero-order chi connectivity index (χ0) is 23.1. The molecule has 1 atom stereocenters. The summed E-state index contributed by atoms with van der Waals surface area (Å²) in [5, 5.41) is 8.96. The Kier molecular flexibility index (Phi) is 7.68. The average Bonchev–Trinajstić information content (AvgIpc) is 2.76. The summed E-state index contributed by atoms with van der Waals surface area (Å²) in [5.41, 5.74) is 0.888. The maximum absolute atomic E-state index is 14.0. The van der Waals surface area contributed by atoms with Crippen molar-refractivity contribution in [2.45, 2.75) is 12.5 Å². The maximum Gasteiger partial charge on any atom is 0.317 e. The highest BCUT2D eigenvalue weighted by atomic mass is 19.1. The van der Waals surface area contributed by atoms with E-state index in [0.717, 1.165) is 17.7 Å². The lowest BCUT2D eigenvalue weighted by molar-refractivity contribution is -0.138. The molecule has 0 aliphatic carbocycles. The molecule has 0 heterocycles. The summed E-state index contributed by atoms with van der Waals surface area (Å²) >= 11 is 0. The van der Waals surface area contributed by atoms with Gasteiger partial charge in [0.05, 0.1) is 12.1 Å². The first-order valence-corrected chi connectivity index (χ1v) is 10.0. The van der Waals surface area contributed by atoms with Gasteiger partial charge in [-0.3, -0.25) is 14.5 Å². The smallest absolute Gasteiger partial charge is 0.317 e. The van der Waals surface area contributed by atoms with Crippen LogP contribution in [0.3, 0.4) is 0 Å². The van der Waals surface area contributed by atoms with Crippen LogP contribution in [-0.4, -0.2) is 41.9 Å². The van der Waals surface area contributed by atoms with E-state index < -0.39 is 23.4 Å². The molecule has 32 heavy (non-hydrogen) atoms. The number of carboxylic acids is 1. The van der Waals surface area contributed by atoms with Crippen molar-refractivity contribution in [3.63, 3.8) is 0 Å². The van der Waals surface area contributed by atoms with Gasteiger partial charge < -0.3 is 9.84 Å². The predicted molar refractivity (Wildman–Crippen MR) is 116 cm³/mol. The van der Waals surface area contributed by atoms with E-state index >= 15 is 0 Å². The van der Waals surface area contributed by atoms with Crippen LogP contribution >= 0.6 is 0 Å². The van der Waals surface area contributed by atoms with Crippen LogP contribution in [0.5, 0.6) is 5.75 Å². The highest BCUT2D eigenvalue weighted by Crippen LogP contribution is 2.27. The second-order valence-electron chi connectivity index (χ2n) is 7.42. The molecule has 0 spiro atoms. The minimum atomic E-state index is -0.926. The van der Waals surface area contributed by atoms with Crippen molar-refractivity contribution in [3.05, 3.63) is 101 Å². The molecule has 0 saturated carbocycles. The maximum atomic E-state index is 14.0. The Morgan fingerprint density at radius 2 is 1.75 bits per heavy atom. The topological polar surface area (TPSA) is 66.8 Å². The molecular weight excluding hydrogens is 416 g/mol.